The molecule has 2 rings (SSSR count). The van der Waals surface area contributed by atoms with Gasteiger partial charge in [-0.3, -0.25) is 19.7 Å². The summed E-state index contributed by atoms with van der Waals surface area (Å²) < 4.78 is 52.8. The van der Waals surface area contributed by atoms with Gasteiger partial charge in [-0.05, 0) is 17.7 Å². The first-order chi connectivity index (χ1) is 12.6. The third kappa shape index (κ3) is 4.68. The van der Waals surface area contributed by atoms with Crippen molar-refractivity contribution in [3.8, 4) is 0 Å². The van der Waals surface area contributed by atoms with Gasteiger partial charge >= 0.3 is 0 Å². The number of halogens is 5. The summed E-state index contributed by atoms with van der Waals surface area (Å²) in [6.07, 6.45) is -5.23. The number of nitro groups is 1. The molecule has 0 aliphatic heterocycles. The largest absolute Gasteiger partial charge is 0.296 e. The molecule has 0 fully saturated rings. The second-order valence-electron chi connectivity index (χ2n) is 5.46. The number of ketones is 2. The molecule has 0 bridgehead atoms. The van der Waals surface area contributed by atoms with Crippen LogP contribution in [0.4, 0.5) is 23.2 Å². The second kappa shape index (κ2) is 8.26. The number of nitrogens with zero attached hydrogens (tertiary/aromatic N) is 1. The van der Waals surface area contributed by atoms with Gasteiger partial charge in [0.1, 0.15) is 11.6 Å². The average molecular weight is 404 g/mol. The first-order valence-corrected chi connectivity index (χ1v) is 7.73. The molecule has 0 saturated carbocycles. The number of Topliss-reactive ketones (excluding diaryl/α,β-unsaturated/α-hetero) is 2. The Morgan fingerprint density at radius 2 is 1.78 bits per heavy atom. The van der Waals surface area contributed by atoms with Crippen LogP contribution >= 0.6 is 11.6 Å². The Bertz CT molecular complexity index is 933. The Balaban J connectivity index is 2.35. The van der Waals surface area contributed by atoms with Gasteiger partial charge in [0, 0.05) is 36.1 Å². The lowest BCUT2D eigenvalue weighted by molar-refractivity contribution is -0.384. The number of carbonyl (C=O) groups is 2. The molecular formula is C17H10ClF4NO4. The van der Waals surface area contributed by atoms with E-state index in [1.165, 1.54) is 0 Å². The number of alkyl halides is 2. The molecule has 2 aromatic rings. The maximum absolute atomic E-state index is 14.4. The van der Waals surface area contributed by atoms with Crippen molar-refractivity contribution in [3.05, 3.63) is 73.8 Å². The summed E-state index contributed by atoms with van der Waals surface area (Å²) in [6.45, 7) is 0. The summed E-state index contributed by atoms with van der Waals surface area (Å²) in [6, 6.07) is 4.78. The molecule has 27 heavy (non-hydrogen) atoms. The highest BCUT2D eigenvalue weighted by Gasteiger charge is 2.24. The molecule has 0 aromatic heterocycles. The minimum atomic E-state index is -3.39. The van der Waals surface area contributed by atoms with E-state index in [0.717, 1.165) is 30.3 Å². The number of benzene rings is 2. The van der Waals surface area contributed by atoms with E-state index in [1.807, 2.05) is 0 Å². The maximum atomic E-state index is 14.4. The van der Waals surface area contributed by atoms with Gasteiger partial charge in [-0.15, -0.1) is 0 Å². The molecule has 0 spiro atoms. The third-order valence-electron chi connectivity index (χ3n) is 3.67. The first-order valence-electron chi connectivity index (χ1n) is 7.35. The van der Waals surface area contributed by atoms with Crippen molar-refractivity contribution in [2.24, 2.45) is 0 Å². The normalized spacial score (nSPS) is 10.9. The standard InChI is InChI=1S/C17H10ClF4NO4/c18-12-3-2-9(23(26)27)6-10(12)14(24)5-8-1-4-13(19)11(16(8)20)7-15(25)17(21)22/h1-4,6,17H,5,7H2. The minimum absolute atomic E-state index is 0.110. The molecule has 0 radical (unpaired) electrons. The second-order valence-corrected chi connectivity index (χ2v) is 5.87. The van der Waals surface area contributed by atoms with Crippen LogP contribution in [0.2, 0.25) is 5.02 Å². The van der Waals surface area contributed by atoms with Gasteiger partial charge < -0.3 is 0 Å². The van der Waals surface area contributed by atoms with Crippen molar-refractivity contribution in [3.63, 3.8) is 0 Å². The first kappa shape index (κ1) is 20.5. The monoisotopic (exact) mass is 403 g/mol. The lowest BCUT2D eigenvalue weighted by Crippen LogP contribution is -2.16. The van der Waals surface area contributed by atoms with Crippen molar-refractivity contribution < 1.29 is 32.1 Å². The van der Waals surface area contributed by atoms with Gasteiger partial charge in [-0.2, -0.15) is 0 Å². The maximum Gasteiger partial charge on any atom is 0.296 e. The van der Waals surface area contributed by atoms with Crippen molar-refractivity contribution in [1.82, 2.24) is 0 Å². The topological polar surface area (TPSA) is 77.3 Å². The molecule has 0 atom stereocenters. The van der Waals surface area contributed by atoms with Crippen LogP contribution in [-0.4, -0.2) is 22.9 Å². The van der Waals surface area contributed by atoms with Crippen LogP contribution in [0.25, 0.3) is 0 Å². The van der Waals surface area contributed by atoms with Crippen molar-refractivity contribution in [2.75, 3.05) is 0 Å². The van der Waals surface area contributed by atoms with Crippen LogP contribution in [0.3, 0.4) is 0 Å². The number of hydrogen-bond donors (Lipinski definition) is 0. The fourth-order valence-corrected chi connectivity index (χ4v) is 2.53. The molecule has 0 aliphatic rings. The highest BCUT2D eigenvalue weighted by atomic mass is 35.5. The van der Waals surface area contributed by atoms with Crippen molar-refractivity contribution in [1.29, 1.82) is 0 Å². The molecule has 0 N–H and O–H groups in total. The zero-order chi connectivity index (χ0) is 20.3. The average Bonchev–Trinajstić information content (AvgIpc) is 2.60. The van der Waals surface area contributed by atoms with Crippen molar-refractivity contribution in [2.45, 2.75) is 19.3 Å². The molecular weight excluding hydrogens is 394 g/mol. The van der Waals surface area contributed by atoms with Crippen LogP contribution in [0, 0.1) is 21.7 Å². The molecule has 0 heterocycles. The zero-order valence-corrected chi connectivity index (χ0v) is 14.1. The van der Waals surface area contributed by atoms with E-state index >= 15 is 0 Å². The van der Waals surface area contributed by atoms with E-state index < -0.39 is 58.6 Å². The molecule has 142 valence electrons. The van der Waals surface area contributed by atoms with Gasteiger partial charge in [0.2, 0.25) is 5.78 Å². The number of nitro benzene ring substituents is 1. The lowest BCUT2D eigenvalue weighted by atomic mass is 9.98. The predicted molar refractivity (Wildman–Crippen MR) is 87.2 cm³/mol. The van der Waals surface area contributed by atoms with Gasteiger partial charge in [-0.25, -0.2) is 17.6 Å². The van der Waals surface area contributed by atoms with Gasteiger partial charge in [0.25, 0.3) is 12.1 Å². The lowest BCUT2D eigenvalue weighted by Gasteiger charge is -2.10. The molecule has 0 amide bonds. The summed E-state index contributed by atoms with van der Waals surface area (Å²) in [7, 11) is 0. The Hall–Kier alpha value is -2.81. The summed E-state index contributed by atoms with van der Waals surface area (Å²) in [5.74, 6) is -4.98. The number of hydrogen-bond acceptors (Lipinski definition) is 4. The Kier molecular flexibility index (Phi) is 6.27. The third-order valence-corrected chi connectivity index (χ3v) is 4.00. The Morgan fingerprint density at radius 3 is 2.37 bits per heavy atom. The van der Waals surface area contributed by atoms with Crippen LogP contribution in [0.1, 0.15) is 21.5 Å². The van der Waals surface area contributed by atoms with Crippen molar-refractivity contribution >= 4 is 28.9 Å². The molecule has 0 unspecified atom stereocenters. The fourth-order valence-electron chi connectivity index (χ4n) is 2.30. The van der Waals surface area contributed by atoms with E-state index in [4.69, 9.17) is 11.6 Å². The SMILES string of the molecule is O=C(Cc1ccc(F)c(CC(=O)C(F)F)c1F)c1cc([N+](=O)[O-])ccc1Cl. The minimum Gasteiger partial charge on any atom is -0.294 e. The smallest absolute Gasteiger partial charge is 0.294 e. The van der Waals surface area contributed by atoms with Crippen LogP contribution in [0.15, 0.2) is 30.3 Å². The zero-order valence-electron chi connectivity index (χ0n) is 13.3. The Morgan fingerprint density at radius 1 is 1.11 bits per heavy atom. The van der Waals surface area contributed by atoms with E-state index in [1.54, 1.807) is 0 Å². The molecule has 2 aromatic carbocycles. The quantitative estimate of drug-likeness (QED) is 0.298. The van der Waals surface area contributed by atoms with Crippen LogP contribution < -0.4 is 0 Å². The molecule has 5 nitrogen and oxygen atoms in total. The van der Waals surface area contributed by atoms with E-state index in [0.29, 0.717) is 0 Å². The predicted octanol–water partition coefficient (Wildman–Crippen LogP) is 4.33. The van der Waals surface area contributed by atoms with Gasteiger partial charge in [0.15, 0.2) is 5.78 Å². The number of carbonyl (C=O) groups excluding carboxylic acids is 2. The summed E-state index contributed by atoms with van der Waals surface area (Å²) in [4.78, 5) is 33.5. The summed E-state index contributed by atoms with van der Waals surface area (Å²) in [5, 5.41) is 10.7. The number of non-ortho nitro benzene ring substituents is 1. The highest BCUT2D eigenvalue weighted by Crippen LogP contribution is 2.25. The molecule has 0 aliphatic carbocycles. The molecule has 0 saturated heterocycles. The summed E-state index contributed by atoms with van der Waals surface area (Å²) in [5.41, 5.74) is -1.90. The molecule has 10 heteroatoms. The number of rotatable bonds is 7. The van der Waals surface area contributed by atoms with E-state index in [2.05, 4.69) is 0 Å². The van der Waals surface area contributed by atoms with Gasteiger partial charge in [0.05, 0.1) is 9.95 Å². The van der Waals surface area contributed by atoms with E-state index in [-0.39, 0.29) is 16.1 Å². The van der Waals surface area contributed by atoms with E-state index in [9.17, 15) is 37.3 Å². The van der Waals surface area contributed by atoms with Crippen LogP contribution in [-0.2, 0) is 17.6 Å². The fraction of sp³-hybridized carbons (Fsp3) is 0.176. The summed E-state index contributed by atoms with van der Waals surface area (Å²) >= 11 is 5.84. The highest BCUT2D eigenvalue weighted by molar-refractivity contribution is 6.34. The van der Waals surface area contributed by atoms with Crippen LogP contribution in [0.5, 0.6) is 0 Å². The Labute approximate surface area is 154 Å². The van der Waals surface area contributed by atoms with Gasteiger partial charge in [-0.1, -0.05) is 17.7 Å².